The van der Waals surface area contributed by atoms with Gasteiger partial charge in [0, 0.05) is 6.20 Å². The van der Waals surface area contributed by atoms with Crippen molar-refractivity contribution in [1.29, 1.82) is 5.26 Å². The van der Waals surface area contributed by atoms with Gasteiger partial charge in [-0.05, 0) is 24.3 Å². The van der Waals surface area contributed by atoms with E-state index >= 15 is 0 Å². The number of pyridine rings is 2. The molecule has 4 nitrogen and oxygen atoms in total. The Labute approximate surface area is 122 Å². The smallest absolute Gasteiger partial charge is 0.290 e. The average molecular weight is 309 g/mol. The van der Waals surface area contributed by atoms with Crippen LogP contribution >= 0.6 is 0 Å². The fraction of sp³-hybridized carbons (Fsp3) is 0.143. The molecule has 2 rings (SSSR count). The largest absolute Gasteiger partial charge is 0.418 e. The molecule has 1 atom stereocenters. The fourth-order valence-electron chi connectivity index (χ4n) is 1.78. The summed E-state index contributed by atoms with van der Waals surface area (Å²) in [6.07, 6.45) is -2.99. The highest BCUT2D eigenvalue weighted by Crippen LogP contribution is 2.32. The standard InChI is InChI=1S/C14H7F4N3O/c15-8-3-4-11(21-7-8)9(6-19)13(22)12-10(14(16,17)18)2-1-5-20-12/h1-5,7,9H. The number of hydrogen-bond acceptors (Lipinski definition) is 4. The van der Waals surface area contributed by atoms with Crippen LogP contribution in [0.4, 0.5) is 17.6 Å². The number of alkyl halides is 3. The van der Waals surface area contributed by atoms with Crippen LogP contribution in [0.2, 0.25) is 0 Å². The third-order valence-corrected chi connectivity index (χ3v) is 2.78. The van der Waals surface area contributed by atoms with Gasteiger partial charge in [0.15, 0.2) is 5.92 Å². The number of aromatic nitrogens is 2. The van der Waals surface area contributed by atoms with E-state index in [0.717, 1.165) is 30.6 Å². The van der Waals surface area contributed by atoms with Gasteiger partial charge < -0.3 is 0 Å². The Balaban J connectivity index is 2.47. The summed E-state index contributed by atoms with van der Waals surface area (Å²) < 4.78 is 51.5. The molecule has 0 fully saturated rings. The SMILES string of the molecule is N#CC(C(=O)c1ncccc1C(F)(F)F)c1ccc(F)cn1. The molecule has 8 heteroatoms. The second-order valence-electron chi connectivity index (χ2n) is 4.22. The zero-order valence-electron chi connectivity index (χ0n) is 10.8. The quantitative estimate of drug-likeness (QED) is 0.645. The lowest BCUT2D eigenvalue weighted by Gasteiger charge is -2.13. The highest BCUT2D eigenvalue weighted by atomic mass is 19.4. The van der Waals surface area contributed by atoms with Crippen molar-refractivity contribution in [3.05, 3.63) is 59.4 Å². The molecule has 0 bridgehead atoms. The van der Waals surface area contributed by atoms with Crippen molar-refractivity contribution in [1.82, 2.24) is 9.97 Å². The fourth-order valence-corrected chi connectivity index (χ4v) is 1.78. The van der Waals surface area contributed by atoms with Gasteiger partial charge in [-0.3, -0.25) is 14.8 Å². The third-order valence-electron chi connectivity index (χ3n) is 2.78. The zero-order chi connectivity index (χ0) is 16.3. The molecule has 0 aliphatic rings. The molecule has 22 heavy (non-hydrogen) atoms. The number of rotatable bonds is 3. The van der Waals surface area contributed by atoms with Crippen LogP contribution in [-0.2, 0) is 6.18 Å². The predicted octanol–water partition coefficient (Wildman–Crippen LogP) is 3.12. The van der Waals surface area contributed by atoms with E-state index in [-0.39, 0.29) is 5.69 Å². The second kappa shape index (κ2) is 5.89. The van der Waals surface area contributed by atoms with Crippen molar-refractivity contribution >= 4 is 5.78 Å². The Hall–Kier alpha value is -2.82. The summed E-state index contributed by atoms with van der Waals surface area (Å²) in [5, 5.41) is 9.06. The predicted molar refractivity (Wildman–Crippen MR) is 66.1 cm³/mol. The van der Waals surface area contributed by atoms with Crippen molar-refractivity contribution in [3.63, 3.8) is 0 Å². The van der Waals surface area contributed by atoms with Gasteiger partial charge in [0.2, 0.25) is 5.78 Å². The molecule has 0 spiro atoms. The molecule has 0 aromatic carbocycles. The number of carbonyl (C=O) groups excluding carboxylic acids is 1. The lowest BCUT2D eigenvalue weighted by Crippen LogP contribution is -2.20. The Morgan fingerprint density at radius 2 is 1.95 bits per heavy atom. The number of nitrogens with zero attached hydrogens (tertiary/aromatic N) is 3. The van der Waals surface area contributed by atoms with E-state index in [1.165, 1.54) is 0 Å². The van der Waals surface area contributed by atoms with E-state index < -0.39 is 35.0 Å². The van der Waals surface area contributed by atoms with Crippen LogP contribution in [0.3, 0.4) is 0 Å². The van der Waals surface area contributed by atoms with Crippen molar-refractivity contribution in [2.75, 3.05) is 0 Å². The van der Waals surface area contributed by atoms with E-state index in [2.05, 4.69) is 9.97 Å². The van der Waals surface area contributed by atoms with Crippen LogP contribution in [0.1, 0.15) is 27.7 Å². The first-order valence-corrected chi connectivity index (χ1v) is 5.92. The average Bonchev–Trinajstić information content (AvgIpc) is 2.49. The van der Waals surface area contributed by atoms with Crippen LogP contribution in [0.5, 0.6) is 0 Å². The molecule has 112 valence electrons. The Morgan fingerprint density at radius 1 is 1.23 bits per heavy atom. The van der Waals surface area contributed by atoms with Crippen LogP contribution < -0.4 is 0 Å². The summed E-state index contributed by atoms with van der Waals surface area (Å²) in [4.78, 5) is 19.2. The summed E-state index contributed by atoms with van der Waals surface area (Å²) in [6.45, 7) is 0. The van der Waals surface area contributed by atoms with Crippen molar-refractivity contribution < 1.29 is 22.4 Å². The van der Waals surface area contributed by atoms with E-state index in [0.29, 0.717) is 6.07 Å². The van der Waals surface area contributed by atoms with Gasteiger partial charge in [-0.25, -0.2) is 4.39 Å². The van der Waals surface area contributed by atoms with E-state index in [4.69, 9.17) is 5.26 Å². The highest BCUT2D eigenvalue weighted by Gasteiger charge is 2.38. The summed E-state index contributed by atoms with van der Waals surface area (Å²) in [5.41, 5.74) is -2.25. The molecule has 0 radical (unpaired) electrons. The number of hydrogen-bond donors (Lipinski definition) is 0. The van der Waals surface area contributed by atoms with E-state index in [9.17, 15) is 22.4 Å². The molecule has 0 aliphatic heterocycles. The maximum atomic E-state index is 12.9. The number of carbonyl (C=O) groups is 1. The molecule has 0 amide bonds. The summed E-state index contributed by atoms with van der Waals surface area (Å²) in [6, 6.07) is 5.34. The second-order valence-corrected chi connectivity index (χ2v) is 4.22. The number of nitriles is 1. The van der Waals surface area contributed by atoms with Gasteiger partial charge in [0.25, 0.3) is 0 Å². The number of ketones is 1. The van der Waals surface area contributed by atoms with Gasteiger partial charge in [0.05, 0.1) is 23.5 Å². The van der Waals surface area contributed by atoms with Crippen molar-refractivity contribution in [3.8, 4) is 6.07 Å². The van der Waals surface area contributed by atoms with Crippen LogP contribution in [0.25, 0.3) is 0 Å². The molecule has 2 aromatic heterocycles. The highest BCUT2D eigenvalue weighted by molar-refractivity contribution is 6.02. The Kier molecular flexibility index (Phi) is 4.17. The maximum absolute atomic E-state index is 12.9. The van der Waals surface area contributed by atoms with Gasteiger partial charge in [0.1, 0.15) is 11.5 Å². The molecule has 2 aromatic rings. The molecular weight excluding hydrogens is 302 g/mol. The van der Waals surface area contributed by atoms with E-state index in [1.54, 1.807) is 6.07 Å². The first-order chi connectivity index (χ1) is 10.3. The molecule has 0 saturated carbocycles. The third kappa shape index (κ3) is 3.09. The van der Waals surface area contributed by atoms with Crippen molar-refractivity contribution in [2.24, 2.45) is 0 Å². The zero-order valence-corrected chi connectivity index (χ0v) is 10.8. The normalized spacial score (nSPS) is 12.5. The molecule has 0 saturated heterocycles. The molecule has 0 N–H and O–H groups in total. The van der Waals surface area contributed by atoms with E-state index in [1.807, 2.05) is 0 Å². The van der Waals surface area contributed by atoms with Gasteiger partial charge in [-0.2, -0.15) is 18.4 Å². The van der Waals surface area contributed by atoms with Crippen LogP contribution in [-0.4, -0.2) is 15.8 Å². The summed E-state index contributed by atoms with van der Waals surface area (Å²) >= 11 is 0. The van der Waals surface area contributed by atoms with Gasteiger partial charge >= 0.3 is 6.18 Å². The minimum atomic E-state index is -4.78. The number of Topliss-reactive ketones (excluding diaryl/α,β-unsaturated/α-hetero) is 1. The first-order valence-electron chi connectivity index (χ1n) is 5.92. The molecule has 2 heterocycles. The number of halogens is 4. The lowest BCUT2D eigenvalue weighted by molar-refractivity contribution is -0.138. The van der Waals surface area contributed by atoms with Crippen LogP contribution in [0.15, 0.2) is 36.7 Å². The Bertz CT molecular complexity index is 735. The molecule has 1 unspecified atom stereocenters. The lowest BCUT2D eigenvalue weighted by atomic mass is 9.96. The molecule has 0 aliphatic carbocycles. The maximum Gasteiger partial charge on any atom is 0.418 e. The van der Waals surface area contributed by atoms with Crippen LogP contribution in [0, 0.1) is 17.1 Å². The summed E-state index contributed by atoms with van der Waals surface area (Å²) in [7, 11) is 0. The van der Waals surface area contributed by atoms with Crippen molar-refractivity contribution in [2.45, 2.75) is 12.1 Å². The first kappa shape index (κ1) is 15.6. The Morgan fingerprint density at radius 3 is 2.50 bits per heavy atom. The minimum Gasteiger partial charge on any atom is -0.290 e. The summed E-state index contributed by atoms with van der Waals surface area (Å²) in [5.74, 6) is -3.44. The van der Waals surface area contributed by atoms with Gasteiger partial charge in [-0.15, -0.1) is 0 Å². The molecular formula is C14H7F4N3O. The minimum absolute atomic E-state index is 0.146. The topological polar surface area (TPSA) is 66.6 Å². The van der Waals surface area contributed by atoms with Gasteiger partial charge in [-0.1, -0.05) is 0 Å². The monoisotopic (exact) mass is 309 g/mol.